The van der Waals surface area contributed by atoms with Gasteiger partial charge in [-0.15, -0.1) is 0 Å². The second-order valence-electron chi connectivity index (χ2n) is 6.26. The maximum absolute atomic E-state index is 4.45. The average Bonchev–Trinajstić information content (AvgIpc) is 2.92. The van der Waals surface area contributed by atoms with Gasteiger partial charge in [0, 0.05) is 36.4 Å². The van der Waals surface area contributed by atoms with Crippen LogP contribution in [0, 0.1) is 0 Å². The molecule has 4 nitrogen and oxygen atoms in total. The van der Waals surface area contributed by atoms with Crippen molar-refractivity contribution in [3.63, 3.8) is 0 Å². The number of nitrogens with one attached hydrogen (secondary N) is 1. The first-order valence-corrected chi connectivity index (χ1v) is 7.68. The Morgan fingerprint density at radius 2 is 2.05 bits per heavy atom. The summed E-state index contributed by atoms with van der Waals surface area (Å²) in [6.07, 6.45) is 9.21. The first-order chi connectivity index (χ1) is 9.25. The van der Waals surface area contributed by atoms with Gasteiger partial charge in [-0.25, -0.2) is 4.98 Å². The normalized spacial score (nSPS) is 30.6. The fraction of sp³-hybridized carbons (Fsp3) is 0.800. The van der Waals surface area contributed by atoms with Gasteiger partial charge in [-0.1, -0.05) is 0 Å². The van der Waals surface area contributed by atoms with E-state index in [9.17, 15) is 0 Å². The summed E-state index contributed by atoms with van der Waals surface area (Å²) in [5.74, 6) is 0.707. The summed E-state index contributed by atoms with van der Waals surface area (Å²) in [6, 6.07) is 1.33. The van der Waals surface area contributed by atoms with Crippen LogP contribution >= 0.6 is 0 Å². The number of likely N-dealkylation sites (tertiary alicyclic amines) is 1. The van der Waals surface area contributed by atoms with Crippen molar-refractivity contribution in [1.29, 1.82) is 0 Å². The van der Waals surface area contributed by atoms with Crippen molar-refractivity contribution in [2.24, 2.45) is 0 Å². The lowest BCUT2D eigenvalue weighted by molar-refractivity contribution is 0.154. The number of piperidine rings is 2. The molecule has 2 fully saturated rings. The van der Waals surface area contributed by atoms with E-state index in [0.29, 0.717) is 18.0 Å². The molecule has 0 saturated carbocycles. The summed E-state index contributed by atoms with van der Waals surface area (Å²) in [6.45, 7) is 5.85. The van der Waals surface area contributed by atoms with E-state index in [-0.39, 0.29) is 0 Å². The van der Waals surface area contributed by atoms with E-state index < -0.39 is 0 Å². The van der Waals surface area contributed by atoms with Crippen LogP contribution in [-0.2, 0) is 0 Å². The zero-order chi connectivity index (χ0) is 13.2. The van der Waals surface area contributed by atoms with Gasteiger partial charge >= 0.3 is 0 Å². The summed E-state index contributed by atoms with van der Waals surface area (Å²) >= 11 is 0. The Labute approximate surface area is 116 Å². The molecule has 0 aliphatic carbocycles. The van der Waals surface area contributed by atoms with E-state index in [2.05, 4.69) is 46.3 Å². The Morgan fingerprint density at radius 1 is 1.26 bits per heavy atom. The minimum Gasteiger partial charge on any atom is -0.331 e. The monoisotopic (exact) mass is 262 g/mol. The summed E-state index contributed by atoms with van der Waals surface area (Å²) in [4.78, 5) is 6.92. The Morgan fingerprint density at radius 3 is 2.79 bits per heavy atom. The van der Waals surface area contributed by atoms with Crippen molar-refractivity contribution in [3.05, 3.63) is 18.2 Å². The average molecular weight is 262 g/mol. The minimum atomic E-state index is 0.651. The van der Waals surface area contributed by atoms with Gasteiger partial charge in [0.15, 0.2) is 0 Å². The van der Waals surface area contributed by atoms with Crippen LogP contribution in [0.4, 0.5) is 0 Å². The third kappa shape index (κ3) is 2.70. The SMILES string of the molecule is CC1CC(n2cncc2C2CCNCC2)CCN1C. The van der Waals surface area contributed by atoms with Crippen LogP contribution in [0.15, 0.2) is 12.5 Å². The van der Waals surface area contributed by atoms with Crippen LogP contribution in [0.1, 0.15) is 50.3 Å². The Bertz CT molecular complexity index is 408. The van der Waals surface area contributed by atoms with Crippen LogP contribution in [0.5, 0.6) is 0 Å². The highest BCUT2D eigenvalue weighted by atomic mass is 15.2. The first kappa shape index (κ1) is 13.1. The summed E-state index contributed by atoms with van der Waals surface area (Å²) in [5.41, 5.74) is 1.48. The Hall–Kier alpha value is -0.870. The third-order valence-corrected chi connectivity index (χ3v) is 5.03. The fourth-order valence-electron chi connectivity index (χ4n) is 3.57. The van der Waals surface area contributed by atoms with Gasteiger partial charge < -0.3 is 14.8 Å². The van der Waals surface area contributed by atoms with Crippen molar-refractivity contribution in [1.82, 2.24) is 19.8 Å². The van der Waals surface area contributed by atoms with Crippen molar-refractivity contribution < 1.29 is 0 Å². The molecular formula is C15H26N4. The molecule has 3 heterocycles. The standard InChI is InChI=1S/C15H26N4/c1-12-9-14(5-8-18(12)2)19-11-17-10-15(19)13-3-6-16-7-4-13/h10-14,16H,3-9H2,1-2H3. The minimum absolute atomic E-state index is 0.651. The van der Waals surface area contributed by atoms with Gasteiger partial charge in [-0.05, 0) is 52.7 Å². The molecule has 1 aromatic heterocycles. The molecule has 0 aromatic carbocycles. The lowest BCUT2D eigenvalue weighted by Crippen LogP contribution is -2.39. The molecule has 106 valence electrons. The number of hydrogen-bond acceptors (Lipinski definition) is 3. The summed E-state index contributed by atoms with van der Waals surface area (Å²) < 4.78 is 2.49. The molecule has 2 atom stereocenters. The zero-order valence-electron chi connectivity index (χ0n) is 12.2. The molecule has 1 aromatic rings. The smallest absolute Gasteiger partial charge is 0.0950 e. The summed E-state index contributed by atoms with van der Waals surface area (Å²) in [7, 11) is 2.24. The predicted molar refractivity (Wildman–Crippen MR) is 77.4 cm³/mol. The van der Waals surface area contributed by atoms with Crippen LogP contribution in [0.3, 0.4) is 0 Å². The molecule has 0 amide bonds. The molecular weight excluding hydrogens is 236 g/mol. The first-order valence-electron chi connectivity index (χ1n) is 7.68. The Kier molecular flexibility index (Phi) is 3.89. The van der Waals surface area contributed by atoms with Crippen LogP contribution < -0.4 is 5.32 Å². The number of nitrogens with zero attached hydrogens (tertiary/aromatic N) is 3. The van der Waals surface area contributed by atoms with Gasteiger partial charge in [0.2, 0.25) is 0 Å². The number of rotatable bonds is 2. The van der Waals surface area contributed by atoms with E-state index in [1.165, 1.54) is 37.9 Å². The number of imidazole rings is 1. The van der Waals surface area contributed by atoms with Gasteiger partial charge in [-0.2, -0.15) is 0 Å². The molecule has 19 heavy (non-hydrogen) atoms. The molecule has 3 rings (SSSR count). The van der Waals surface area contributed by atoms with Crippen LogP contribution in [-0.4, -0.2) is 47.2 Å². The van der Waals surface area contributed by atoms with Gasteiger partial charge in [-0.3, -0.25) is 0 Å². The zero-order valence-corrected chi connectivity index (χ0v) is 12.2. The van der Waals surface area contributed by atoms with Crippen molar-refractivity contribution >= 4 is 0 Å². The van der Waals surface area contributed by atoms with Gasteiger partial charge in [0.25, 0.3) is 0 Å². The highest BCUT2D eigenvalue weighted by molar-refractivity contribution is 5.09. The molecule has 2 unspecified atom stereocenters. The Balaban J connectivity index is 1.76. The topological polar surface area (TPSA) is 33.1 Å². The largest absolute Gasteiger partial charge is 0.331 e. The lowest BCUT2D eigenvalue weighted by atomic mass is 9.93. The van der Waals surface area contributed by atoms with E-state index in [4.69, 9.17) is 0 Å². The highest BCUT2D eigenvalue weighted by Gasteiger charge is 2.27. The quantitative estimate of drug-likeness (QED) is 0.885. The molecule has 4 heteroatoms. The highest BCUT2D eigenvalue weighted by Crippen LogP contribution is 2.32. The molecule has 2 aliphatic heterocycles. The number of hydrogen-bond donors (Lipinski definition) is 1. The molecule has 0 spiro atoms. The van der Waals surface area contributed by atoms with Gasteiger partial charge in [0.05, 0.1) is 6.33 Å². The van der Waals surface area contributed by atoms with E-state index in [0.717, 1.165) is 13.1 Å². The lowest BCUT2D eigenvalue weighted by Gasteiger charge is -2.37. The molecule has 2 aliphatic rings. The molecule has 0 bridgehead atoms. The summed E-state index contributed by atoms with van der Waals surface area (Å²) in [5, 5.41) is 3.45. The van der Waals surface area contributed by atoms with Crippen molar-refractivity contribution in [2.45, 2.75) is 50.6 Å². The van der Waals surface area contributed by atoms with E-state index in [1.54, 1.807) is 0 Å². The van der Waals surface area contributed by atoms with Crippen molar-refractivity contribution in [2.75, 3.05) is 26.7 Å². The maximum Gasteiger partial charge on any atom is 0.0950 e. The van der Waals surface area contributed by atoms with E-state index in [1.807, 2.05) is 0 Å². The fourth-order valence-corrected chi connectivity index (χ4v) is 3.57. The molecule has 2 saturated heterocycles. The van der Waals surface area contributed by atoms with Gasteiger partial charge in [0.1, 0.15) is 0 Å². The second kappa shape index (κ2) is 5.63. The maximum atomic E-state index is 4.45. The third-order valence-electron chi connectivity index (χ3n) is 5.03. The number of aromatic nitrogens is 2. The molecule has 0 radical (unpaired) electrons. The van der Waals surface area contributed by atoms with Crippen molar-refractivity contribution in [3.8, 4) is 0 Å². The second-order valence-corrected chi connectivity index (χ2v) is 6.26. The van der Waals surface area contributed by atoms with E-state index >= 15 is 0 Å². The van der Waals surface area contributed by atoms with Crippen LogP contribution in [0.25, 0.3) is 0 Å². The molecule has 1 N–H and O–H groups in total. The predicted octanol–water partition coefficient (Wildman–Crippen LogP) is 2.01. The van der Waals surface area contributed by atoms with Crippen LogP contribution in [0.2, 0.25) is 0 Å².